The van der Waals surface area contributed by atoms with E-state index in [9.17, 15) is 9.59 Å². The summed E-state index contributed by atoms with van der Waals surface area (Å²) in [6.45, 7) is 4.56. The van der Waals surface area contributed by atoms with E-state index < -0.39 is 0 Å². The summed E-state index contributed by atoms with van der Waals surface area (Å²) in [7, 11) is 0. The first-order chi connectivity index (χ1) is 14.1. The molecule has 0 saturated carbocycles. The number of benzene rings is 2. The normalized spacial score (nSPS) is 13.8. The zero-order chi connectivity index (χ0) is 20.6. The van der Waals surface area contributed by atoms with Gasteiger partial charge in [-0.2, -0.15) is 0 Å². The van der Waals surface area contributed by atoms with Crippen LogP contribution in [0.3, 0.4) is 0 Å². The number of amides is 1. The minimum absolute atomic E-state index is 0.0922. The third kappa shape index (κ3) is 5.73. The number of halogens is 1. The molecule has 1 aliphatic rings. The lowest BCUT2D eigenvalue weighted by Gasteiger charge is -2.30. The van der Waals surface area contributed by atoms with Crippen molar-refractivity contribution in [3.8, 4) is 0 Å². The summed E-state index contributed by atoms with van der Waals surface area (Å²) < 4.78 is 4.99. The first-order valence-electron chi connectivity index (χ1n) is 10.2. The van der Waals surface area contributed by atoms with Gasteiger partial charge in [-0.15, -0.1) is 0 Å². The smallest absolute Gasteiger partial charge is 0.338 e. The summed E-state index contributed by atoms with van der Waals surface area (Å²) >= 11 is 6.19. The third-order valence-electron chi connectivity index (χ3n) is 5.07. The lowest BCUT2D eigenvalue weighted by Crippen LogP contribution is -2.33. The summed E-state index contributed by atoms with van der Waals surface area (Å²) in [6.07, 6.45) is 4.18. The SMILES string of the molecule is CCOC(=O)c1ccc(CCNC(=O)c2ccc(Cl)cc2N2CCCCC2)cc1. The molecule has 2 aromatic carbocycles. The lowest BCUT2D eigenvalue weighted by molar-refractivity contribution is 0.0526. The average molecular weight is 415 g/mol. The molecule has 5 nitrogen and oxygen atoms in total. The predicted molar refractivity (Wildman–Crippen MR) is 116 cm³/mol. The van der Waals surface area contributed by atoms with Gasteiger partial charge >= 0.3 is 5.97 Å². The molecule has 0 spiro atoms. The van der Waals surface area contributed by atoms with Crippen molar-refractivity contribution in [3.05, 3.63) is 64.2 Å². The second-order valence-electron chi connectivity index (χ2n) is 7.13. The van der Waals surface area contributed by atoms with Gasteiger partial charge in [-0.25, -0.2) is 4.79 Å². The van der Waals surface area contributed by atoms with E-state index in [2.05, 4.69) is 10.2 Å². The quantitative estimate of drug-likeness (QED) is 0.678. The highest BCUT2D eigenvalue weighted by Crippen LogP contribution is 2.27. The van der Waals surface area contributed by atoms with Crippen LogP contribution in [0.25, 0.3) is 0 Å². The highest BCUT2D eigenvalue weighted by molar-refractivity contribution is 6.31. The van der Waals surface area contributed by atoms with Crippen LogP contribution in [0.1, 0.15) is 52.5 Å². The second kappa shape index (κ2) is 10.3. The van der Waals surface area contributed by atoms with E-state index in [1.54, 1.807) is 31.2 Å². The molecule has 1 fully saturated rings. The maximum Gasteiger partial charge on any atom is 0.338 e. The Kier molecular flexibility index (Phi) is 7.53. The van der Waals surface area contributed by atoms with Crippen molar-refractivity contribution in [2.75, 3.05) is 31.1 Å². The van der Waals surface area contributed by atoms with E-state index in [0.29, 0.717) is 35.7 Å². The molecular formula is C23H27ClN2O3. The summed E-state index contributed by atoms with van der Waals surface area (Å²) in [6, 6.07) is 12.7. The fraction of sp³-hybridized carbons (Fsp3) is 0.391. The molecule has 1 heterocycles. The molecule has 0 aliphatic carbocycles. The Balaban J connectivity index is 1.59. The Hall–Kier alpha value is -2.53. The number of esters is 1. The summed E-state index contributed by atoms with van der Waals surface area (Å²) in [5, 5.41) is 3.65. The number of carbonyl (C=O) groups is 2. The maximum atomic E-state index is 12.8. The highest BCUT2D eigenvalue weighted by Gasteiger charge is 2.19. The number of carbonyl (C=O) groups excluding carboxylic acids is 2. The molecule has 3 rings (SSSR count). The van der Waals surface area contributed by atoms with E-state index in [0.717, 1.165) is 37.2 Å². The molecule has 1 N–H and O–H groups in total. The Labute approximate surface area is 177 Å². The molecule has 2 aromatic rings. The van der Waals surface area contributed by atoms with Crippen LogP contribution >= 0.6 is 11.6 Å². The number of piperidine rings is 1. The van der Waals surface area contributed by atoms with Gasteiger partial charge in [0.1, 0.15) is 0 Å². The molecule has 0 unspecified atom stereocenters. The van der Waals surface area contributed by atoms with Crippen LogP contribution < -0.4 is 10.2 Å². The number of anilines is 1. The van der Waals surface area contributed by atoms with Crippen molar-refractivity contribution in [2.24, 2.45) is 0 Å². The van der Waals surface area contributed by atoms with Crippen molar-refractivity contribution in [3.63, 3.8) is 0 Å². The van der Waals surface area contributed by atoms with Crippen molar-refractivity contribution >= 4 is 29.2 Å². The molecule has 1 amide bonds. The Morgan fingerprint density at radius 1 is 1.07 bits per heavy atom. The molecule has 0 aromatic heterocycles. The van der Waals surface area contributed by atoms with E-state index in [-0.39, 0.29) is 11.9 Å². The zero-order valence-corrected chi connectivity index (χ0v) is 17.5. The van der Waals surface area contributed by atoms with Crippen LogP contribution in [0.2, 0.25) is 5.02 Å². The van der Waals surface area contributed by atoms with Crippen molar-refractivity contribution in [1.29, 1.82) is 0 Å². The number of hydrogen-bond acceptors (Lipinski definition) is 4. The number of nitrogens with zero attached hydrogens (tertiary/aromatic N) is 1. The summed E-state index contributed by atoms with van der Waals surface area (Å²) in [5.74, 6) is -0.411. The molecule has 1 aliphatic heterocycles. The van der Waals surface area contributed by atoms with Gasteiger partial charge in [-0.3, -0.25) is 4.79 Å². The monoisotopic (exact) mass is 414 g/mol. The van der Waals surface area contributed by atoms with Gasteiger partial charge in [0.15, 0.2) is 0 Å². The first kappa shape index (κ1) is 21.2. The Morgan fingerprint density at radius 2 is 1.79 bits per heavy atom. The molecule has 0 bridgehead atoms. The molecule has 1 saturated heterocycles. The standard InChI is InChI=1S/C23H27ClN2O3/c1-2-29-23(28)18-8-6-17(7-9-18)12-13-25-22(27)20-11-10-19(24)16-21(20)26-14-4-3-5-15-26/h6-11,16H,2-5,12-15H2,1H3,(H,25,27). The van der Waals surface area contributed by atoms with Crippen molar-refractivity contribution < 1.29 is 14.3 Å². The molecule has 154 valence electrons. The van der Waals surface area contributed by atoms with E-state index in [4.69, 9.17) is 16.3 Å². The number of ether oxygens (including phenoxy) is 1. The van der Waals surface area contributed by atoms with Crippen LogP contribution in [-0.2, 0) is 11.2 Å². The fourth-order valence-corrected chi connectivity index (χ4v) is 3.70. The summed E-state index contributed by atoms with van der Waals surface area (Å²) in [4.78, 5) is 26.7. The largest absolute Gasteiger partial charge is 0.462 e. The average Bonchev–Trinajstić information content (AvgIpc) is 2.75. The number of rotatable bonds is 7. The molecular weight excluding hydrogens is 388 g/mol. The van der Waals surface area contributed by atoms with Crippen LogP contribution in [-0.4, -0.2) is 38.1 Å². The predicted octanol–water partition coefficient (Wildman–Crippen LogP) is 4.48. The third-order valence-corrected chi connectivity index (χ3v) is 5.30. The van der Waals surface area contributed by atoms with Gasteiger partial charge in [0.2, 0.25) is 0 Å². The maximum absolute atomic E-state index is 12.8. The van der Waals surface area contributed by atoms with E-state index >= 15 is 0 Å². The van der Waals surface area contributed by atoms with E-state index in [1.807, 2.05) is 18.2 Å². The van der Waals surface area contributed by atoms with Gasteiger partial charge in [0.25, 0.3) is 5.91 Å². The molecule has 6 heteroatoms. The van der Waals surface area contributed by atoms with Crippen molar-refractivity contribution in [2.45, 2.75) is 32.6 Å². The number of hydrogen-bond donors (Lipinski definition) is 1. The zero-order valence-electron chi connectivity index (χ0n) is 16.7. The topological polar surface area (TPSA) is 58.6 Å². The van der Waals surface area contributed by atoms with Crippen LogP contribution in [0.4, 0.5) is 5.69 Å². The number of nitrogens with one attached hydrogen (secondary N) is 1. The van der Waals surface area contributed by atoms with Gasteiger partial charge in [0, 0.05) is 24.7 Å². The van der Waals surface area contributed by atoms with Gasteiger partial charge in [0.05, 0.1) is 23.4 Å². The van der Waals surface area contributed by atoms with Crippen molar-refractivity contribution in [1.82, 2.24) is 5.32 Å². The van der Waals surface area contributed by atoms with Gasteiger partial charge in [-0.05, 0) is 68.5 Å². The van der Waals surface area contributed by atoms with Crippen LogP contribution in [0.5, 0.6) is 0 Å². The molecule has 0 atom stereocenters. The van der Waals surface area contributed by atoms with Gasteiger partial charge < -0.3 is 15.0 Å². The second-order valence-corrected chi connectivity index (χ2v) is 7.57. The van der Waals surface area contributed by atoms with Gasteiger partial charge in [-0.1, -0.05) is 23.7 Å². The summed E-state index contributed by atoms with van der Waals surface area (Å²) in [5.41, 5.74) is 3.15. The molecule has 0 radical (unpaired) electrons. The van der Waals surface area contributed by atoms with Crippen LogP contribution in [0.15, 0.2) is 42.5 Å². The minimum atomic E-state index is -0.319. The minimum Gasteiger partial charge on any atom is -0.462 e. The highest BCUT2D eigenvalue weighted by atomic mass is 35.5. The van der Waals surface area contributed by atoms with E-state index in [1.165, 1.54) is 6.42 Å². The molecule has 29 heavy (non-hydrogen) atoms. The lowest BCUT2D eigenvalue weighted by atomic mass is 10.1. The van der Waals surface area contributed by atoms with Crippen LogP contribution in [0, 0.1) is 0 Å². The fourth-order valence-electron chi connectivity index (χ4n) is 3.53. The first-order valence-corrected chi connectivity index (χ1v) is 10.5. The Morgan fingerprint density at radius 3 is 2.48 bits per heavy atom. The Bertz CT molecular complexity index is 846.